The molecular formula is C21H16F3N5O3. The molecule has 0 unspecified atom stereocenters. The zero-order valence-corrected chi connectivity index (χ0v) is 16.4. The van der Waals surface area contributed by atoms with Gasteiger partial charge in [0.25, 0.3) is 5.89 Å². The fraction of sp³-hybridized carbons (Fsp3) is 0.143. The summed E-state index contributed by atoms with van der Waals surface area (Å²) in [5.74, 6) is -2.21. The number of nitrogens with one attached hydrogen (secondary N) is 3. The minimum atomic E-state index is -4.44. The number of aromatic nitrogens is 3. The van der Waals surface area contributed by atoms with Crippen LogP contribution in [-0.2, 0) is 22.6 Å². The summed E-state index contributed by atoms with van der Waals surface area (Å²) < 4.78 is 42.3. The Kier molecular flexibility index (Phi) is 5.63. The molecule has 11 heteroatoms. The van der Waals surface area contributed by atoms with Crippen LogP contribution in [0.1, 0.15) is 11.4 Å². The quantitative estimate of drug-likeness (QED) is 0.408. The number of H-pyrrole nitrogens is 1. The number of carbonyl (C=O) groups is 2. The Bertz CT molecular complexity index is 1280. The number of anilines is 1. The van der Waals surface area contributed by atoms with Crippen LogP contribution in [0.3, 0.4) is 0 Å². The maximum Gasteiger partial charge on any atom is 0.396 e. The highest BCUT2D eigenvalue weighted by Crippen LogP contribution is 2.23. The van der Waals surface area contributed by atoms with Gasteiger partial charge in [0, 0.05) is 34.9 Å². The second-order valence-corrected chi connectivity index (χ2v) is 6.92. The second-order valence-electron chi connectivity index (χ2n) is 6.92. The van der Waals surface area contributed by atoms with Crippen molar-refractivity contribution in [2.45, 2.75) is 19.1 Å². The van der Waals surface area contributed by atoms with E-state index in [1.807, 2.05) is 6.07 Å². The van der Waals surface area contributed by atoms with Gasteiger partial charge in [-0.05, 0) is 42.0 Å². The van der Waals surface area contributed by atoms with Crippen LogP contribution in [-0.4, -0.2) is 33.1 Å². The highest BCUT2D eigenvalue weighted by molar-refractivity contribution is 6.39. The molecule has 0 saturated carbocycles. The van der Waals surface area contributed by atoms with Gasteiger partial charge in [-0.1, -0.05) is 17.3 Å². The number of alkyl halides is 3. The Morgan fingerprint density at radius 1 is 1.06 bits per heavy atom. The molecule has 0 aliphatic rings. The van der Waals surface area contributed by atoms with Crippen LogP contribution in [0.15, 0.2) is 59.3 Å². The summed E-state index contributed by atoms with van der Waals surface area (Å²) in [6.07, 6.45) is -3.97. The molecule has 0 radical (unpaired) electrons. The Morgan fingerprint density at radius 2 is 1.91 bits per heavy atom. The molecule has 0 bridgehead atoms. The van der Waals surface area contributed by atoms with Crippen LogP contribution in [0.25, 0.3) is 22.4 Å². The van der Waals surface area contributed by atoms with Gasteiger partial charge in [0.15, 0.2) is 5.82 Å². The van der Waals surface area contributed by atoms with E-state index < -0.39 is 30.2 Å². The van der Waals surface area contributed by atoms with Crippen LogP contribution in [0, 0.1) is 0 Å². The van der Waals surface area contributed by atoms with Gasteiger partial charge in [0.2, 0.25) is 0 Å². The van der Waals surface area contributed by atoms with E-state index >= 15 is 0 Å². The number of halogens is 3. The predicted molar refractivity (Wildman–Crippen MR) is 108 cm³/mol. The molecule has 0 aliphatic carbocycles. The van der Waals surface area contributed by atoms with Gasteiger partial charge in [0.1, 0.15) is 6.42 Å². The van der Waals surface area contributed by atoms with Crippen molar-refractivity contribution in [1.82, 2.24) is 20.4 Å². The third kappa shape index (κ3) is 5.12. The van der Waals surface area contributed by atoms with E-state index in [1.54, 1.807) is 48.7 Å². The molecule has 4 rings (SSSR count). The van der Waals surface area contributed by atoms with Crippen molar-refractivity contribution < 1.29 is 27.3 Å². The lowest BCUT2D eigenvalue weighted by molar-refractivity contribution is -0.136. The third-order valence-corrected chi connectivity index (χ3v) is 4.47. The number of nitrogens with zero attached hydrogens (tertiary/aromatic N) is 2. The number of amides is 2. The first-order chi connectivity index (χ1) is 15.3. The molecule has 0 saturated heterocycles. The summed E-state index contributed by atoms with van der Waals surface area (Å²) in [4.78, 5) is 31.1. The van der Waals surface area contributed by atoms with E-state index in [4.69, 9.17) is 4.52 Å². The van der Waals surface area contributed by atoms with E-state index in [9.17, 15) is 22.8 Å². The average Bonchev–Trinajstić information content (AvgIpc) is 3.40. The first kappa shape index (κ1) is 21.1. The monoisotopic (exact) mass is 443 g/mol. The van der Waals surface area contributed by atoms with Gasteiger partial charge < -0.3 is 20.1 Å². The largest absolute Gasteiger partial charge is 0.396 e. The topological polar surface area (TPSA) is 113 Å². The number of hydrogen-bond donors (Lipinski definition) is 3. The Labute approximate surface area is 178 Å². The molecule has 2 amide bonds. The fourth-order valence-corrected chi connectivity index (χ4v) is 3.02. The normalized spacial score (nSPS) is 11.5. The molecular weight excluding hydrogens is 427 g/mol. The lowest BCUT2D eigenvalue weighted by Gasteiger charge is -2.07. The molecule has 0 spiro atoms. The minimum Gasteiger partial charge on any atom is -0.361 e. The minimum absolute atomic E-state index is 0.0144. The number of carbonyl (C=O) groups excluding carboxylic acids is 2. The van der Waals surface area contributed by atoms with E-state index in [-0.39, 0.29) is 12.4 Å². The molecule has 0 atom stereocenters. The van der Waals surface area contributed by atoms with Crippen molar-refractivity contribution in [3.05, 3.63) is 66.1 Å². The summed E-state index contributed by atoms with van der Waals surface area (Å²) in [7, 11) is 0. The second kappa shape index (κ2) is 8.53. The summed E-state index contributed by atoms with van der Waals surface area (Å²) in [6.45, 7) is 0.0144. The molecule has 2 aromatic carbocycles. The van der Waals surface area contributed by atoms with Crippen molar-refractivity contribution in [2.75, 3.05) is 5.32 Å². The van der Waals surface area contributed by atoms with Gasteiger partial charge in [-0.25, -0.2) is 0 Å². The standard InChI is InChI=1S/C21H16F3N5O3/c22-21(23,24)10-17-28-20(32-29-17)14-3-1-2-12(8-14)11-26-18(30)19(31)27-15-4-5-16-13(9-15)6-7-25-16/h1-9,25H,10-11H2,(H,26,30)(H,27,31). The molecule has 2 heterocycles. The third-order valence-electron chi connectivity index (χ3n) is 4.47. The number of aromatic amines is 1. The first-order valence-corrected chi connectivity index (χ1v) is 9.42. The van der Waals surface area contributed by atoms with Crippen LogP contribution >= 0.6 is 0 Å². The van der Waals surface area contributed by atoms with Gasteiger partial charge in [0.05, 0.1) is 0 Å². The Balaban J connectivity index is 1.36. The summed E-state index contributed by atoms with van der Waals surface area (Å²) in [5.41, 5.74) is 2.36. The van der Waals surface area contributed by atoms with Crippen LogP contribution < -0.4 is 10.6 Å². The van der Waals surface area contributed by atoms with Gasteiger partial charge >= 0.3 is 18.0 Å². The molecule has 2 aromatic heterocycles. The van der Waals surface area contributed by atoms with E-state index in [0.29, 0.717) is 16.8 Å². The summed E-state index contributed by atoms with van der Waals surface area (Å²) >= 11 is 0. The van der Waals surface area contributed by atoms with Gasteiger partial charge in [-0.2, -0.15) is 18.2 Å². The maximum atomic E-state index is 12.5. The first-order valence-electron chi connectivity index (χ1n) is 9.42. The number of hydrogen-bond acceptors (Lipinski definition) is 5. The fourth-order valence-electron chi connectivity index (χ4n) is 3.02. The lowest BCUT2D eigenvalue weighted by atomic mass is 10.1. The zero-order chi connectivity index (χ0) is 22.7. The SMILES string of the molecule is O=C(NCc1cccc(-c2nc(CC(F)(F)F)no2)c1)C(=O)Nc1ccc2[nH]ccc2c1. The maximum absolute atomic E-state index is 12.5. The van der Waals surface area contributed by atoms with Crippen LogP contribution in [0.5, 0.6) is 0 Å². The molecule has 8 nitrogen and oxygen atoms in total. The highest BCUT2D eigenvalue weighted by Gasteiger charge is 2.30. The average molecular weight is 443 g/mol. The highest BCUT2D eigenvalue weighted by atomic mass is 19.4. The van der Waals surface area contributed by atoms with Crippen LogP contribution in [0.4, 0.5) is 18.9 Å². The Hall–Kier alpha value is -4.15. The number of rotatable bonds is 5. The van der Waals surface area contributed by atoms with Gasteiger partial charge in [-0.15, -0.1) is 0 Å². The van der Waals surface area contributed by atoms with E-state index in [0.717, 1.165) is 10.9 Å². The van der Waals surface area contributed by atoms with E-state index in [2.05, 4.69) is 25.8 Å². The van der Waals surface area contributed by atoms with Crippen LogP contribution in [0.2, 0.25) is 0 Å². The predicted octanol–water partition coefficient (Wildman–Crippen LogP) is 3.58. The molecule has 0 fully saturated rings. The molecule has 3 N–H and O–H groups in total. The van der Waals surface area contributed by atoms with Crippen molar-refractivity contribution >= 4 is 28.4 Å². The van der Waals surface area contributed by atoms with Crippen molar-refractivity contribution in [2.24, 2.45) is 0 Å². The summed E-state index contributed by atoms with van der Waals surface area (Å²) in [6, 6.07) is 13.5. The van der Waals surface area contributed by atoms with Crippen molar-refractivity contribution in [3.63, 3.8) is 0 Å². The zero-order valence-electron chi connectivity index (χ0n) is 16.4. The molecule has 164 valence electrons. The summed E-state index contributed by atoms with van der Waals surface area (Å²) in [5, 5.41) is 9.24. The van der Waals surface area contributed by atoms with Gasteiger partial charge in [-0.3, -0.25) is 9.59 Å². The van der Waals surface area contributed by atoms with E-state index in [1.165, 1.54) is 0 Å². The molecule has 4 aromatic rings. The lowest BCUT2D eigenvalue weighted by Crippen LogP contribution is -2.34. The molecule has 0 aliphatic heterocycles. The van der Waals surface area contributed by atoms with Crippen molar-refractivity contribution in [1.29, 1.82) is 0 Å². The molecule has 32 heavy (non-hydrogen) atoms. The number of fused-ring (bicyclic) bond motifs is 1. The Morgan fingerprint density at radius 3 is 2.72 bits per heavy atom. The smallest absolute Gasteiger partial charge is 0.361 e. The van der Waals surface area contributed by atoms with Crippen molar-refractivity contribution in [3.8, 4) is 11.5 Å². The number of benzene rings is 2.